The predicted octanol–water partition coefficient (Wildman–Crippen LogP) is 3.12. The minimum Gasteiger partial charge on any atom is -0.491 e. The number of ether oxygens (including phenoxy) is 1. The van der Waals surface area contributed by atoms with Crippen LogP contribution < -0.4 is 10.1 Å². The van der Waals surface area contributed by atoms with Crippen molar-refractivity contribution in [2.45, 2.75) is 32.9 Å². The van der Waals surface area contributed by atoms with Gasteiger partial charge in [-0.1, -0.05) is 0 Å². The molecule has 0 aliphatic heterocycles. The van der Waals surface area contributed by atoms with Crippen LogP contribution in [-0.4, -0.2) is 28.1 Å². The first-order valence-corrected chi connectivity index (χ1v) is 8.01. The van der Waals surface area contributed by atoms with E-state index < -0.39 is 5.97 Å². The molecule has 0 radical (unpaired) electrons. The van der Waals surface area contributed by atoms with E-state index >= 15 is 0 Å². The van der Waals surface area contributed by atoms with Gasteiger partial charge in [0.05, 0.1) is 12.1 Å². The van der Waals surface area contributed by atoms with Gasteiger partial charge in [0.2, 0.25) is 0 Å². The lowest BCUT2D eigenvalue weighted by Crippen LogP contribution is -2.26. The highest BCUT2D eigenvalue weighted by molar-refractivity contribution is 7.09. The molecule has 0 saturated carbocycles. The lowest BCUT2D eigenvalue weighted by Gasteiger charge is -2.12. The number of benzene rings is 1. The molecule has 0 fully saturated rings. The van der Waals surface area contributed by atoms with Gasteiger partial charge in [-0.15, -0.1) is 11.3 Å². The average molecular weight is 334 g/mol. The number of amides is 1. The van der Waals surface area contributed by atoms with Crippen LogP contribution >= 0.6 is 11.3 Å². The summed E-state index contributed by atoms with van der Waals surface area (Å²) in [5.41, 5.74) is 0.490. The minimum atomic E-state index is -1.08. The second-order valence-corrected chi connectivity index (χ2v) is 6.15. The van der Waals surface area contributed by atoms with Gasteiger partial charge in [0.15, 0.2) is 5.69 Å². The molecule has 0 aliphatic rings. The lowest BCUT2D eigenvalue weighted by atomic mass is 10.2. The van der Waals surface area contributed by atoms with Crippen molar-refractivity contribution < 1.29 is 19.4 Å². The van der Waals surface area contributed by atoms with Gasteiger partial charge in [-0.2, -0.15) is 0 Å². The standard InChI is InChI=1S/C16H18N2O4S/c1-9(2)22-12-6-4-11(5-7-12)14(19)17-10(3)15-18-13(8-23-15)16(20)21/h4-10H,1-3H3,(H,17,19)(H,20,21). The Labute approximate surface area is 138 Å². The second kappa shape index (κ2) is 7.23. The first-order chi connectivity index (χ1) is 10.9. The quantitative estimate of drug-likeness (QED) is 0.847. The Bertz CT molecular complexity index is 694. The van der Waals surface area contributed by atoms with E-state index in [-0.39, 0.29) is 23.7 Å². The molecule has 6 nitrogen and oxygen atoms in total. The number of aromatic nitrogens is 1. The molecule has 2 N–H and O–H groups in total. The first kappa shape index (κ1) is 17.0. The lowest BCUT2D eigenvalue weighted by molar-refractivity contribution is 0.0691. The predicted molar refractivity (Wildman–Crippen MR) is 87.2 cm³/mol. The van der Waals surface area contributed by atoms with Crippen molar-refractivity contribution in [1.82, 2.24) is 10.3 Å². The molecule has 1 atom stereocenters. The number of hydrogen-bond acceptors (Lipinski definition) is 5. The topological polar surface area (TPSA) is 88.5 Å². The summed E-state index contributed by atoms with van der Waals surface area (Å²) < 4.78 is 5.53. The normalized spacial score (nSPS) is 12.0. The van der Waals surface area contributed by atoms with E-state index in [1.165, 1.54) is 16.7 Å². The van der Waals surface area contributed by atoms with Gasteiger partial charge in [0.25, 0.3) is 5.91 Å². The van der Waals surface area contributed by atoms with E-state index in [1.807, 2.05) is 13.8 Å². The molecule has 2 rings (SSSR count). The number of nitrogens with one attached hydrogen (secondary N) is 1. The summed E-state index contributed by atoms with van der Waals surface area (Å²) in [6, 6.07) is 6.48. The third kappa shape index (κ3) is 4.53. The van der Waals surface area contributed by atoms with Crippen LogP contribution in [0, 0.1) is 0 Å². The Kier molecular flexibility index (Phi) is 5.33. The number of hydrogen-bond donors (Lipinski definition) is 2. The molecule has 2 aromatic rings. The van der Waals surface area contributed by atoms with Gasteiger partial charge in [-0.25, -0.2) is 9.78 Å². The largest absolute Gasteiger partial charge is 0.491 e. The fraction of sp³-hybridized carbons (Fsp3) is 0.312. The Balaban J connectivity index is 2.01. The van der Waals surface area contributed by atoms with Crippen molar-refractivity contribution in [3.63, 3.8) is 0 Å². The van der Waals surface area contributed by atoms with E-state index in [1.54, 1.807) is 31.2 Å². The van der Waals surface area contributed by atoms with E-state index in [2.05, 4.69) is 10.3 Å². The van der Waals surface area contributed by atoms with Crippen molar-refractivity contribution in [2.24, 2.45) is 0 Å². The highest BCUT2D eigenvalue weighted by Gasteiger charge is 2.16. The van der Waals surface area contributed by atoms with Crippen LogP contribution in [0.4, 0.5) is 0 Å². The highest BCUT2D eigenvalue weighted by atomic mass is 32.1. The molecule has 7 heteroatoms. The molecule has 0 saturated heterocycles. The van der Waals surface area contributed by atoms with Crippen molar-refractivity contribution in [2.75, 3.05) is 0 Å². The maximum absolute atomic E-state index is 12.2. The average Bonchev–Trinajstić information content (AvgIpc) is 2.97. The summed E-state index contributed by atoms with van der Waals surface area (Å²) in [5, 5.41) is 13.7. The molecule has 1 heterocycles. The molecule has 0 bridgehead atoms. The van der Waals surface area contributed by atoms with Crippen LogP contribution in [0.5, 0.6) is 5.75 Å². The minimum absolute atomic E-state index is 0.0127. The molecule has 23 heavy (non-hydrogen) atoms. The number of aromatic carboxylic acids is 1. The number of carboxylic acids is 1. The van der Waals surface area contributed by atoms with Crippen molar-refractivity contribution in [3.05, 3.63) is 45.9 Å². The van der Waals surface area contributed by atoms with Crippen molar-refractivity contribution >= 4 is 23.2 Å². The summed E-state index contributed by atoms with van der Waals surface area (Å²) in [5.74, 6) is -0.622. The van der Waals surface area contributed by atoms with Crippen LogP contribution in [0.15, 0.2) is 29.6 Å². The SMILES string of the molecule is CC(C)Oc1ccc(C(=O)NC(C)c2nc(C(=O)O)cs2)cc1. The Morgan fingerprint density at radius 2 is 1.87 bits per heavy atom. The smallest absolute Gasteiger partial charge is 0.355 e. The van der Waals surface area contributed by atoms with Gasteiger partial charge in [0.1, 0.15) is 10.8 Å². The van der Waals surface area contributed by atoms with Crippen LogP contribution in [0.3, 0.4) is 0 Å². The molecule has 1 aromatic heterocycles. The Morgan fingerprint density at radius 3 is 2.39 bits per heavy atom. The van der Waals surface area contributed by atoms with Crippen molar-refractivity contribution in [3.8, 4) is 5.75 Å². The number of carbonyl (C=O) groups is 2. The molecule has 1 unspecified atom stereocenters. The fourth-order valence-corrected chi connectivity index (χ4v) is 2.68. The van der Waals surface area contributed by atoms with Crippen LogP contribution in [-0.2, 0) is 0 Å². The molecule has 122 valence electrons. The number of carbonyl (C=O) groups excluding carboxylic acids is 1. The highest BCUT2D eigenvalue weighted by Crippen LogP contribution is 2.19. The van der Waals surface area contributed by atoms with Gasteiger partial charge < -0.3 is 15.2 Å². The van der Waals surface area contributed by atoms with Gasteiger partial charge in [-0.05, 0) is 45.0 Å². The summed E-state index contributed by atoms with van der Waals surface area (Å²) >= 11 is 1.21. The molecule has 1 aromatic carbocycles. The second-order valence-electron chi connectivity index (χ2n) is 5.26. The number of thiazole rings is 1. The molecular formula is C16H18N2O4S. The summed E-state index contributed by atoms with van der Waals surface area (Å²) in [6.45, 7) is 5.63. The Hall–Kier alpha value is -2.41. The third-order valence-corrected chi connectivity index (χ3v) is 3.97. The summed E-state index contributed by atoms with van der Waals surface area (Å²) in [6.07, 6.45) is 0.0723. The third-order valence-electron chi connectivity index (χ3n) is 2.95. The first-order valence-electron chi connectivity index (χ1n) is 7.13. The van der Waals surface area contributed by atoms with E-state index in [0.717, 1.165) is 0 Å². The number of carboxylic acid groups (broad SMARTS) is 1. The summed E-state index contributed by atoms with van der Waals surface area (Å²) in [4.78, 5) is 27.0. The number of rotatable bonds is 6. The fourth-order valence-electron chi connectivity index (χ4n) is 1.88. The zero-order valence-corrected chi connectivity index (χ0v) is 13.9. The van der Waals surface area contributed by atoms with E-state index in [9.17, 15) is 9.59 Å². The molecule has 1 amide bonds. The molecule has 0 spiro atoms. The van der Waals surface area contributed by atoms with Crippen LogP contribution in [0.1, 0.15) is 52.7 Å². The van der Waals surface area contributed by atoms with Crippen LogP contribution in [0.25, 0.3) is 0 Å². The zero-order valence-electron chi connectivity index (χ0n) is 13.1. The van der Waals surface area contributed by atoms with E-state index in [0.29, 0.717) is 16.3 Å². The maximum atomic E-state index is 12.2. The zero-order chi connectivity index (χ0) is 17.0. The Morgan fingerprint density at radius 1 is 1.22 bits per heavy atom. The van der Waals surface area contributed by atoms with Gasteiger partial charge in [0, 0.05) is 10.9 Å². The maximum Gasteiger partial charge on any atom is 0.355 e. The van der Waals surface area contributed by atoms with E-state index in [4.69, 9.17) is 9.84 Å². The number of nitrogens with zero attached hydrogens (tertiary/aromatic N) is 1. The van der Waals surface area contributed by atoms with Gasteiger partial charge in [-0.3, -0.25) is 4.79 Å². The summed E-state index contributed by atoms with van der Waals surface area (Å²) in [7, 11) is 0. The molecule has 0 aliphatic carbocycles. The van der Waals surface area contributed by atoms with Crippen LogP contribution in [0.2, 0.25) is 0 Å². The van der Waals surface area contributed by atoms with Crippen molar-refractivity contribution in [1.29, 1.82) is 0 Å². The van der Waals surface area contributed by atoms with Gasteiger partial charge >= 0.3 is 5.97 Å². The monoisotopic (exact) mass is 334 g/mol. The molecular weight excluding hydrogens is 316 g/mol.